The molecule has 1 aliphatic rings. The van der Waals surface area contributed by atoms with E-state index in [1.165, 1.54) is 48.9 Å². The lowest BCUT2D eigenvalue weighted by Gasteiger charge is -2.42. The third kappa shape index (κ3) is 4.87. The summed E-state index contributed by atoms with van der Waals surface area (Å²) in [5.74, 6) is -6.35. The summed E-state index contributed by atoms with van der Waals surface area (Å²) in [5, 5.41) is -5.67. The molecule has 1 aliphatic carbocycles. The summed E-state index contributed by atoms with van der Waals surface area (Å²) in [4.78, 5) is 0. The molecule has 177 valence electrons. The van der Waals surface area contributed by atoms with Crippen molar-refractivity contribution in [3.05, 3.63) is 91.2 Å². The van der Waals surface area contributed by atoms with Crippen molar-refractivity contribution in [2.75, 3.05) is 0 Å². The molecule has 0 heterocycles. The van der Waals surface area contributed by atoms with E-state index in [0.29, 0.717) is 0 Å². The summed E-state index contributed by atoms with van der Waals surface area (Å²) in [6, 6.07) is 11.4. The Morgan fingerprint density at radius 1 is 0.788 bits per heavy atom. The van der Waals surface area contributed by atoms with Crippen LogP contribution in [0.15, 0.2) is 63.6 Å². The molecule has 1 atom stereocenters. The summed E-state index contributed by atoms with van der Waals surface area (Å²) in [6.07, 6.45) is -3.96. The van der Waals surface area contributed by atoms with Crippen LogP contribution in [-0.2, 0) is 4.75 Å². The molecule has 1 unspecified atom stereocenters. The van der Waals surface area contributed by atoms with Gasteiger partial charge in [0.2, 0.25) is 0 Å². The van der Waals surface area contributed by atoms with Gasteiger partial charge in [-0.3, -0.25) is 0 Å². The molecule has 2 aromatic rings. The fraction of sp³-hybridized carbons (Fsp3) is 0.190. The maximum absolute atomic E-state index is 14.9. The predicted octanol–water partition coefficient (Wildman–Crippen LogP) is 10.0. The van der Waals surface area contributed by atoms with E-state index >= 15 is 0 Å². The summed E-state index contributed by atoms with van der Waals surface area (Å²) in [6.45, 7) is 0. The van der Waals surface area contributed by atoms with Crippen molar-refractivity contribution in [2.24, 2.45) is 0 Å². The van der Waals surface area contributed by atoms with Crippen LogP contribution >= 0.6 is 66.8 Å². The van der Waals surface area contributed by atoms with Crippen LogP contribution in [0.3, 0.4) is 0 Å². The van der Waals surface area contributed by atoms with Crippen molar-refractivity contribution in [3.8, 4) is 0 Å². The highest BCUT2D eigenvalue weighted by Crippen LogP contribution is 2.65. The van der Waals surface area contributed by atoms with E-state index < -0.39 is 33.9 Å². The molecule has 0 N–H and O–H groups in total. The maximum Gasteiger partial charge on any atom is 0.460 e. The zero-order valence-electron chi connectivity index (χ0n) is 15.8. The smallest absolute Gasteiger partial charge is 0.188 e. The van der Waals surface area contributed by atoms with E-state index in [9.17, 15) is 30.7 Å². The Bertz CT molecular complexity index is 1130. The van der Waals surface area contributed by atoms with Crippen LogP contribution in [0.25, 0.3) is 5.57 Å². The Balaban J connectivity index is 2.40. The number of rotatable bonds is 5. The number of benzene rings is 2. The van der Waals surface area contributed by atoms with Gasteiger partial charge in [0.1, 0.15) is 0 Å². The van der Waals surface area contributed by atoms with Crippen molar-refractivity contribution in [3.63, 3.8) is 0 Å². The highest BCUT2D eigenvalue weighted by molar-refractivity contribution is 9.12. The number of allylic oxidation sites excluding steroid dienone is 2. The van der Waals surface area contributed by atoms with Gasteiger partial charge in [-0.1, -0.05) is 103 Å². The largest absolute Gasteiger partial charge is 0.460 e. The number of alkyl halides is 7. The summed E-state index contributed by atoms with van der Waals surface area (Å²) < 4.78 is 94.8. The second kappa shape index (κ2) is 9.41. The fourth-order valence-electron chi connectivity index (χ4n) is 3.21. The highest BCUT2D eigenvalue weighted by Gasteiger charge is 2.75. The number of hydrogen-bond donors (Lipinski definition) is 0. The third-order valence-corrected chi connectivity index (χ3v) is 7.76. The van der Waals surface area contributed by atoms with Gasteiger partial charge in [0.15, 0.2) is 0 Å². The minimum absolute atomic E-state index is 0.0622. The molecule has 3 rings (SSSR count). The molecule has 0 bridgehead atoms. The first-order valence-corrected chi connectivity index (χ1v) is 12.0. The van der Waals surface area contributed by atoms with Crippen molar-refractivity contribution in [1.29, 1.82) is 0 Å². The van der Waals surface area contributed by atoms with Gasteiger partial charge in [0, 0.05) is 25.4 Å². The van der Waals surface area contributed by atoms with E-state index in [-0.39, 0.29) is 35.7 Å². The predicted molar refractivity (Wildman–Crippen MR) is 125 cm³/mol. The molecule has 2 aromatic carbocycles. The molecule has 0 saturated carbocycles. The van der Waals surface area contributed by atoms with E-state index in [0.717, 1.165) is 6.08 Å². The van der Waals surface area contributed by atoms with Crippen LogP contribution in [0.4, 0.5) is 30.7 Å². The third-order valence-electron chi connectivity index (χ3n) is 4.64. The first kappa shape index (κ1) is 26.9. The molecule has 0 spiro atoms. The standard InChI is InChI=1S/C21H10Br2Cl2F7S/c22-11-9-14(23)17(12-5-1-3-7-15(12)24)18(10-11,13-6-2-4-8-16(13)25)33-21(31,32)19(26,27)20(28,29)30/h1-10H. The first-order valence-electron chi connectivity index (χ1n) is 8.80. The van der Waals surface area contributed by atoms with E-state index in [4.69, 9.17) is 23.2 Å². The average molecular weight is 658 g/mol. The van der Waals surface area contributed by atoms with Gasteiger partial charge in [-0.15, -0.1) is 0 Å². The Morgan fingerprint density at radius 2 is 1.33 bits per heavy atom. The maximum atomic E-state index is 14.9. The molecular weight excluding hydrogens is 648 g/mol. The van der Waals surface area contributed by atoms with E-state index in [2.05, 4.69) is 31.9 Å². The molecule has 12 heteroatoms. The molecule has 33 heavy (non-hydrogen) atoms. The van der Waals surface area contributed by atoms with Crippen LogP contribution in [-0.4, -0.2) is 17.4 Å². The number of hydrogen-bond acceptors (Lipinski definition) is 1. The molecule has 0 nitrogen and oxygen atoms in total. The first-order chi connectivity index (χ1) is 15.1. The van der Waals surface area contributed by atoms with Gasteiger partial charge < -0.3 is 0 Å². The topological polar surface area (TPSA) is 0 Å². The van der Waals surface area contributed by atoms with Crippen molar-refractivity contribution < 1.29 is 30.7 Å². The summed E-state index contributed by atoms with van der Waals surface area (Å²) in [7, 11) is 0. The SMILES string of the molecule is FC(F)(F)C(F)(F)C(F)(F)SC1(c2ccccc2Cl)C=C(Br)[CH]C(Br)=C1c1ccccc1Cl. The summed E-state index contributed by atoms with van der Waals surface area (Å²) in [5.41, 5.74) is -0.0737. The molecule has 0 aliphatic heterocycles. The average Bonchev–Trinajstić information content (AvgIpc) is 2.67. The molecule has 0 amide bonds. The summed E-state index contributed by atoms with van der Waals surface area (Å²) >= 11 is 18.1. The quantitative estimate of drug-likeness (QED) is 0.289. The van der Waals surface area contributed by atoms with Crippen molar-refractivity contribution in [2.45, 2.75) is 22.1 Å². The van der Waals surface area contributed by atoms with Crippen molar-refractivity contribution >= 4 is 72.4 Å². The van der Waals surface area contributed by atoms with Crippen LogP contribution in [0, 0.1) is 6.42 Å². The van der Waals surface area contributed by atoms with Gasteiger partial charge in [0.25, 0.3) is 0 Å². The molecule has 0 saturated heterocycles. The second-order valence-corrected chi connectivity index (χ2v) is 10.7. The van der Waals surface area contributed by atoms with Crippen LogP contribution < -0.4 is 0 Å². The van der Waals surface area contributed by atoms with E-state index in [1.54, 1.807) is 6.07 Å². The minimum atomic E-state index is -6.50. The van der Waals surface area contributed by atoms with E-state index in [1.807, 2.05) is 0 Å². The molecule has 1 radical (unpaired) electrons. The normalized spacial score (nSPS) is 20.2. The second-order valence-electron chi connectivity index (χ2n) is 6.78. The van der Waals surface area contributed by atoms with Crippen LogP contribution in [0.5, 0.6) is 0 Å². The van der Waals surface area contributed by atoms with Gasteiger partial charge in [-0.25, -0.2) is 0 Å². The lowest BCUT2D eigenvalue weighted by molar-refractivity contribution is -0.330. The van der Waals surface area contributed by atoms with Gasteiger partial charge in [-0.2, -0.15) is 30.7 Å². The van der Waals surface area contributed by atoms with Crippen LogP contribution in [0.2, 0.25) is 10.0 Å². The monoisotopic (exact) mass is 655 g/mol. The highest BCUT2D eigenvalue weighted by atomic mass is 79.9. The van der Waals surface area contributed by atoms with Crippen molar-refractivity contribution in [1.82, 2.24) is 0 Å². The number of halogens is 11. The lowest BCUT2D eigenvalue weighted by atomic mass is 9.82. The van der Waals surface area contributed by atoms with Crippen LogP contribution in [0.1, 0.15) is 11.1 Å². The fourth-order valence-corrected chi connectivity index (χ4v) is 7.16. The zero-order valence-corrected chi connectivity index (χ0v) is 21.3. The Hall–Kier alpha value is -0.680. The van der Waals surface area contributed by atoms with Gasteiger partial charge in [-0.05, 0) is 34.9 Å². The molecular formula is C21H10Br2Cl2F7S. The Kier molecular flexibility index (Phi) is 7.67. The zero-order chi connectivity index (χ0) is 24.8. The van der Waals surface area contributed by atoms with Gasteiger partial charge in [0.05, 0.1) is 4.75 Å². The Morgan fingerprint density at radius 3 is 1.88 bits per heavy atom. The molecule has 0 aromatic heterocycles. The van der Waals surface area contributed by atoms with Gasteiger partial charge >= 0.3 is 17.4 Å². The minimum Gasteiger partial charge on any atom is -0.188 e. The number of thioether (sulfide) groups is 1. The lowest BCUT2D eigenvalue weighted by Crippen LogP contribution is -2.51. The molecule has 0 fully saturated rings. The Labute approximate surface area is 215 Å².